The Morgan fingerprint density at radius 3 is 2.00 bits per heavy atom. The van der Waals surface area contributed by atoms with E-state index in [1.54, 1.807) is 12.1 Å². The maximum atomic E-state index is 13.3. The summed E-state index contributed by atoms with van der Waals surface area (Å²) in [4.78, 5) is 14.4. The van der Waals surface area contributed by atoms with Crippen molar-refractivity contribution in [1.82, 2.24) is 0 Å². The summed E-state index contributed by atoms with van der Waals surface area (Å²) in [6.45, 7) is 0.0450. The Kier molecular flexibility index (Phi) is 4.35. The Balaban J connectivity index is 1.85. The van der Waals surface area contributed by atoms with Gasteiger partial charge in [-0.25, -0.2) is 22.0 Å². The number of nitrogens with zero attached hydrogens (tertiary/aromatic N) is 2. The molecule has 8 heteroatoms. The van der Waals surface area contributed by atoms with E-state index in [0.29, 0.717) is 9.87 Å². The minimum absolute atomic E-state index is 0.0324. The summed E-state index contributed by atoms with van der Waals surface area (Å²) in [5.41, 5.74) is 0.892. The second-order valence-corrected chi connectivity index (χ2v) is 7.96. The topological polar surface area (TPSA) is 57.7 Å². The van der Waals surface area contributed by atoms with Crippen LogP contribution in [0.3, 0.4) is 0 Å². The number of rotatable bonds is 3. The van der Waals surface area contributed by atoms with Crippen molar-refractivity contribution in [1.29, 1.82) is 0 Å². The quantitative estimate of drug-likeness (QED) is 0.659. The Morgan fingerprint density at radius 2 is 1.36 bits per heavy atom. The van der Waals surface area contributed by atoms with Gasteiger partial charge in [-0.05, 0) is 54.1 Å². The number of sulfonamides is 1. The molecule has 1 heterocycles. The van der Waals surface area contributed by atoms with Gasteiger partial charge >= 0.3 is 6.03 Å². The summed E-state index contributed by atoms with van der Waals surface area (Å²) in [5.74, 6) is -0.959. The van der Waals surface area contributed by atoms with E-state index in [9.17, 15) is 22.0 Å². The summed E-state index contributed by atoms with van der Waals surface area (Å²) in [6.07, 6.45) is 0. The predicted molar refractivity (Wildman–Crippen MR) is 100 cm³/mol. The van der Waals surface area contributed by atoms with Gasteiger partial charge in [-0.2, -0.15) is 4.31 Å². The maximum absolute atomic E-state index is 13.3. The number of fused-ring (bicyclic) bond motifs is 1. The second kappa shape index (κ2) is 6.72. The van der Waals surface area contributed by atoms with Crippen LogP contribution in [-0.4, -0.2) is 14.4 Å². The predicted octanol–water partition coefficient (Wildman–Crippen LogP) is 4.30. The van der Waals surface area contributed by atoms with E-state index in [1.165, 1.54) is 53.4 Å². The van der Waals surface area contributed by atoms with Crippen LogP contribution in [0.5, 0.6) is 0 Å². The average Bonchev–Trinajstić information content (AvgIpc) is 2.68. The lowest BCUT2D eigenvalue weighted by molar-refractivity contribution is 0.253. The molecule has 4 rings (SSSR count). The fraction of sp³-hybridized carbons (Fsp3) is 0.0500. The van der Waals surface area contributed by atoms with E-state index in [0.717, 1.165) is 12.1 Å². The van der Waals surface area contributed by atoms with Gasteiger partial charge < -0.3 is 0 Å². The van der Waals surface area contributed by atoms with Gasteiger partial charge in [0.1, 0.15) is 16.5 Å². The molecule has 0 saturated heterocycles. The van der Waals surface area contributed by atoms with Crippen molar-refractivity contribution in [3.63, 3.8) is 0 Å². The van der Waals surface area contributed by atoms with E-state index in [4.69, 9.17) is 0 Å². The Bertz CT molecular complexity index is 1150. The molecule has 0 aliphatic carbocycles. The van der Waals surface area contributed by atoms with Crippen molar-refractivity contribution >= 4 is 27.4 Å². The van der Waals surface area contributed by atoms with Crippen LogP contribution in [0, 0.1) is 11.6 Å². The molecule has 2 amide bonds. The number of para-hydroxylation sites is 1. The van der Waals surface area contributed by atoms with Gasteiger partial charge in [-0.1, -0.05) is 24.3 Å². The molecule has 1 aliphatic rings. The summed E-state index contributed by atoms with van der Waals surface area (Å²) < 4.78 is 53.3. The van der Waals surface area contributed by atoms with Gasteiger partial charge in [0.25, 0.3) is 10.0 Å². The minimum atomic E-state index is -4.17. The molecule has 3 aromatic carbocycles. The summed E-state index contributed by atoms with van der Waals surface area (Å²) in [7, 11) is -4.17. The molecular weight excluding hydrogens is 386 g/mol. The maximum Gasteiger partial charge on any atom is 0.343 e. The summed E-state index contributed by atoms with van der Waals surface area (Å²) >= 11 is 0. The third kappa shape index (κ3) is 3.01. The highest BCUT2D eigenvalue weighted by molar-refractivity contribution is 7.94. The smallest absolute Gasteiger partial charge is 0.287 e. The summed E-state index contributed by atoms with van der Waals surface area (Å²) in [6, 6.07) is 15.6. The Labute approximate surface area is 160 Å². The summed E-state index contributed by atoms with van der Waals surface area (Å²) in [5, 5.41) is 0. The number of benzene rings is 3. The third-order valence-electron chi connectivity index (χ3n) is 4.39. The van der Waals surface area contributed by atoms with Gasteiger partial charge in [0, 0.05) is 0 Å². The molecule has 142 valence electrons. The normalized spacial score (nSPS) is 15.4. The first-order chi connectivity index (χ1) is 13.4. The molecule has 0 aromatic heterocycles. The number of carbonyl (C=O) groups excluding carboxylic acids is 1. The van der Waals surface area contributed by atoms with Gasteiger partial charge in [0.15, 0.2) is 0 Å². The fourth-order valence-corrected chi connectivity index (χ4v) is 4.66. The molecule has 28 heavy (non-hydrogen) atoms. The van der Waals surface area contributed by atoms with Crippen LogP contribution in [-0.2, 0) is 16.6 Å². The first kappa shape index (κ1) is 18.1. The zero-order valence-electron chi connectivity index (χ0n) is 14.4. The van der Waals surface area contributed by atoms with Crippen LogP contribution < -0.4 is 9.21 Å². The van der Waals surface area contributed by atoms with Crippen molar-refractivity contribution in [2.45, 2.75) is 11.4 Å². The lowest BCUT2D eigenvalue weighted by Crippen LogP contribution is -2.50. The van der Waals surface area contributed by atoms with E-state index < -0.39 is 27.7 Å². The highest BCUT2D eigenvalue weighted by Crippen LogP contribution is 2.37. The van der Waals surface area contributed by atoms with Crippen LogP contribution >= 0.6 is 0 Å². The lowest BCUT2D eigenvalue weighted by Gasteiger charge is -2.36. The zero-order chi connectivity index (χ0) is 19.9. The van der Waals surface area contributed by atoms with Gasteiger partial charge in [0.05, 0.1) is 17.9 Å². The van der Waals surface area contributed by atoms with E-state index in [-0.39, 0.29) is 22.8 Å². The molecule has 0 atom stereocenters. The van der Waals surface area contributed by atoms with Gasteiger partial charge in [0.2, 0.25) is 0 Å². The van der Waals surface area contributed by atoms with Gasteiger partial charge in [-0.15, -0.1) is 0 Å². The SMILES string of the molecule is O=C1N(Cc2ccc(F)cc2)c2ccccc2S(=O)(=O)N1c1ccc(F)cc1. The highest BCUT2D eigenvalue weighted by Gasteiger charge is 2.42. The Hall–Kier alpha value is -3.26. The lowest BCUT2D eigenvalue weighted by atomic mass is 10.2. The third-order valence-corrected chi connectivity index (χ3v) is 6.14. The van der Waals surface area contributed by atoms with E-state index >= 15 is 0 Å². The van der Waals surface area contributed by atoms with Crippen LogP contribution in [0.2, 0.25) is 0 Å². The molecule has 3 aromatic rings. The van der Waals surface area contributed by atoms with Crippen LogP contribution in [0.4, 0.5) is 25.0 Å². The van der Waals surface area contributed by atoms with Crippen molar-refractivity contribution in [2.75, 3.05) is 9.21 Å². The Morgan fingerprint density at radius 1 is 0.786 bits per heavy atom. The van der Waals surface area contributed by atoms with Crippen LogP contribution in [0.25, 0.3) is 0 Å². The number of anilines is 2. The number of hydrogen-bond acceptors (Lipinski definition) is 3. The van der Waals surface area contributed by atoms with Crippen molar-refractivity contribution in [3.05, 3.63) is 90.0 Å². The average molecular weight is 400 g/mol. The molecule has 0 bridgehead atoms. The monoisotopic (exact) mass is 400 g/mol. The molecule has 0 radical (unpaired) electrons. The van der Waals surface area contributed by atoms with E-state index in [2.05, 4.69) is 0 Å². The molecule has 0 fully saturated rings. The number of urea groups is 1. The molecule has 5 nitrogen and oxygen atoms in total. The van der Waals surface area contributed by atoms with Crippen LogP contribution in [0.1, 0.15) is 5.56 Å². The van der Waals surface area contributed by atoms with Gasteiger partial charge in [-0.3, -0.25) is 4.90 Å². The van der Waals surface area contributed by atoms with Crippen molar-refractivity contribution in [3.8, 4) is 0 Å². The van der Waals surface area contributed by atoms with Crippen molar-refractivity contribution < 1.29 is 22.0 Å². The minimum Gasteiger partial charge on any atom is -0.287 e. The van der Waals surface area contributed by atoms with Crippen LogP contribution in [0.15, 0.2) is 77.7 Å². The fourth-order valence-electron chi connectivity index (χ4n) is 3.06. The molecule has 0 spiro atoms. The van der Waals surface area contributed by atoms with Crippen molar-refractivity contribution in [2.24, 2.45) is 0 Å². The number of carbonyl (C=O) groups is 1. The molecule has 1 aliphatic heterocycles. The van der Waals surface area contributed by atoms with E-state index in [1.807, 2.05) is 0 Å². The molecule has 0 N–H and O–H groups in total. The molecule has 0 unspecified atom stereocenters. The number of amides is 2. The first-order valence-corrected chi connectivity index (χ1v) is 9.78. The zero-order valence-corrected chi connectivity index (χ0v) is 15.2. The number of hydrogen-bond donors (Lipinski definition) is 0. The highest BCUT2D eigenvalue weighted by atomic mass is 32.2. The molecule has 0 saturated carbocycles. The standard InChI is InChI=1S/C20H14F2N2O3S/c21-15-7-5-14(6-8-15)13-23-18-3-1-2-4-19(18)28(26,27)24(20(23)25)17-11-9-16(22)10-12-17/h1-12H,13H2. The largest absolute Gasteiger partial charge is 0.343 e. The first-order valence-electron chi connectivity index (χ1n) is 8.34. The second-order valence-electron chi connectivity index (χ2n) is 6.21. The molecular formula is C20H14F2N2O3S. The number of halogens is 2.